The van der Waals surface area contributed by atoms with Crippen LogP contribution in [0.5, 0.6) is 0 Å². The summed E-state index contributed by atoms with van der Waals surface area (Å²) >= 11 is 0. The summed E-state index contributed by atoms with van der Waals surface area (Å²) in [5.74, 6) is 0. The lowest BCUT2D eigenvalue weighted by molar-refractivity contribution is 0.333. The zero-order chi connectivity index (χ0) is 16.5. The Balaban J connectivity index is 0.00000182. The van der Waals surface area contributed by atoms with E-state index in [1.54, 1.807) is 11.3 Å². The maximum absolute atomic E-state index is 2.59. The van der Waals surface area contributed by atoms with Crippen LogP contribution in [-0.2, 0) is 25.9 Å². The topological polar surface area (TPSA) is 8.17 Å². The normalized spacial score (nSPS) is 14.8. The zero-order valence-corrected chi connectivity index (χ0v) is 16.0. The third-order valence-electron chi connectivity index (χ3n) is 5.29. The lowest BCUT2D eigenvalue weighted by atomic mass is 10.1. The highest BCUT2D eigenvalue weighted by Gasteiger charge is 2.20. The molecule has 2 nitrogen and oxygen atoms in total. The summed E-state index contributed by atoms with van der Waals surface area (Å²) in [7, 11) is 2.25. The van der Waals surface area contributed by atoms with E-state index in [1.807, 2.05) is 0 Å². The molecule has 0 N–H and O–H groups in total. The first-order valence-corrected chi connectivity index (χ1v) is 9.05. The lowest BCUT2D eigenvalue weighted by Gasteiger charge is -2.12. The van der Waals surface area contributed by atoms with Gasteiger partial charge >= 0.3 is 0 Å². The number of hydrogen-bond donors (Lipinski definition) is 0. The van der Waals surface area contributed by atoms with Crippen molar-refractivity contribution in [1.29, 1.82) is 0 Å². The first-order chi connectivity index (χ1) is 11.7. The number of halogens is 1. The summed E-state index contributed by atoms with van der Waals surface area (Å²) in [6.07, 6.45) is 3.55. The molecule has 0 aliphatic carbocycles. The molecular weight excluding hydrogens is 328 g/mol. The van der Waals surface area contributed by atoms with Crippen molar-refractivity contribution in [2.75, 3.05) is 13.6 Å². The molecule has 1 aromatic heterocycles. The van der Waals surface area contributed by atoms with Crippen molar-refractivity contribution in [3.8, 4) is 0 Å². The number of fused-ring (bicyclic) bond motifs is 3. The third-order valence-corrected chi connectivity index (χ3v) is 5.29. The first kappa shape index (κ1) is 18.0. The van der Waals surface area contributed by atoms with Crippen LogP contribution in [0, 0.1) is 6.92 Å². The third kappa shape index (κ3) is 3.61. The van der Waals surface area contributed by atoms with Gasteiger partial charge in [-0.2, -0.15) is 0 Å². The molecule has 3 aromatic rings. The van der Waals surface area contributed by atoms with E-state index in [0.29, 0.717) is 0 Å². The Bertz CT molecular complexity index is 851. The van der Waals surface area contributed by atoms with E-state index in [4.69, 9.17) is 0 Å². The van der Waals surface area contributed by atoms with Crippen molar-refractivity contribution in [3.05, 3.63) is 70.9 Å². The summed E-state index contributed by atoms with van der Waals surface area (Å²) in [5.41, 5.74) is 7.32. The average Bonchev–Trinajstić information content (AvgIpc) is 2.73. The average molecular weight is 355 g/mol. The van der Waals surface area contributed by atoms with Crippen molar-refractivity contribution in [2.24, 2.45) is 0 Å². The van der Waals surface area contributed by atoms with Crippen LogP contribution in [0.3, 0.4) is 0 Å². The van der Waals surface area contributed by atoms with Crippen molar-refractivity contribution in [1.82, 2.24) is 9.47 Å². The zero-order valence-electron chi connectivity index (χ0n) is 15.2. The molecule has 2 aromatic carbocycles. The molecule has 0 amide bonds. The molecule has 25 heavy (non-hydrogen) atoms. The van der Waals surface area contributed by atoms with Crippen molar-refractivity contribution in [2.45, 2.75) is 39.3 Å². The van der Waals surface area contributed by atoms with E-state index in [9.17, 15) is 0 Å². The molecular formula is C22H27ClN2. The van der Waals surface area contributed by atoms with Gasteiger partial charge in [-0.25, -0.2) is 0 Å². The minimum Gasteiger partial charge on any atom is -0.344 e. The van der Waals surface area contributed by atoms with Gasteiger partial charge in [0.1, 0.15) is 0 Å². The SMILES string of the molecule is Cc1ccc2c(c1)c1c(n2CCc2ccccc2)CCCN(C)C1.Cl. The molecule has 0 bridgehead atoms. The highest BCUT2D eigenvalue weighted by Crippen LogP contribution is 2.31. The number of hydrogen-bond acceptors (Lipinski definition) is 1. The van der Waals surface area contributed by atoms with Crippen LogP contribution in [0.2, 0.25) is 0 Å². The van der Waals surface area contributed by atoms with Gasteiger partial charge in [0.15, 0.2) is 0 Å². The lowest BCUT2D eigenvalue weighted by Crippen LogP contribution is -2.17. The summed E-state index contributed by atoms with van der Waals surface area (Å²) in [4.78, 5) is 2.47. The van der Waals surface area contributed by atoms with Gasteiger partial charge in [-0.1, -0.05) is 42.0 Å². The number of nitrogens with zero attached hydrogens (tertiary/aromatic N) is 2. The molecule has 0 atom stereocenters. The summed E-state index contributed by atoms with van der Waals surface area (Å²) in [5, 5.41) is 1.46. The first-order valence-electron chi connectivity index (χ1n) is 9.05. The quantitative estimate of drug-likeness (QED) is 0.643. The minimum absolute atomic E-state index is 0. The van der Waals surface area contributed by atoms with Gasteiger partial charge in [0, 0.05) is 29.7 Å². The second-order valence-electron chi connectivity index (χ2n) is 7.17. The van der Waals surface area contributed by atoms with Gasteiger partial charge in [-0.15, -0.1) is 12.4 Å². The summed E-state index contributed by atoms with van der Waals surface area (Å²) in [6, 6.07) is 17.8. The van der Waals surface area contributed by atoms with Gasteiger partial charge in [-0.3, -0.25) is 0 Å². The maximum atomic E-state index is 2.59. The second kappa shape index (κ2) is 7.63. The Kier molecular flexibility index (Phi) is 5.51. The molecule has 132 valence electrons. The maximum Gasteiger partial charge on any atom is 0.0486 e. The highest BCUT2D eigenvalue weighted by atomic mass is 35.5. The fourth-order valence-corrected chi connectivity index (χ4v) is 4.06. The molecule has 0 fully saturated rings. The van der Waals surface area contributed by atoms with Crippen LogP contribution in [0.4, 0.5) is 0 Å². The standard InChI is InChI=1S/C22H26N2.ClH/c1-17-10-11-22-19(15-17)20-16-23(2)13-6-9-21(20)24(22)14-12-18-7-4-3-5-8-18;/h3-5,7-8,10-11,15H,6,9,12-14,16H2,1-2H3;1H. The van der Waals surface area contributed by atoms with Crippen LogP contribution in [0.25, 0.3) is 10.9 Å². The largest absolute Gasteiger partial charge is 0.344 e. The van der Waals surface area contributed by atoms with Crippen molar-refractivity contribution in [3.63, 3.8) is 0 Å². The smallest absolute Gasteiger partial charge is 0.0486 e. The Morgan fingerprint density at radius 1 is 1.04 bits per heavy atom. The Morgan fingerprint density at radius 2 is 1.84 bits per heavy atom. The molecule has 4 rings (SSSR count). The van der Waals surface area contributed by atoms with Gasteiger partial charge in [0.2, 0.25) is 0 Å². The Labute approximate surface area is 156 Å². The van der Waals surface area contributed by atoms with Crippen LogP contribution in [0.15, 0.2) is 48.5 Å². The number of aromatic nitrogens is 1. The van der Waals surface area contributed by atoms with E-state index in [0.717, 1.165) is 19.5 Å². The van der Waals surface area contributed by atoms with E-state index in [-0.39, 0.29) is 12.4 Å². The molecule has 0 radical (unpaired) electrons. The van der Waals surface area contributed by atoms with Gasteiger partial charge in [0.25, 0.3) is 0 Å². The van der Waals surface area contributed by atoms with Crippen LogP contribution < -0.4 is 0 Å². The predicted octanol–water partition coefficient (Wildman–Crippen LogP) is 4.99. The Hall–Kier alpha value is -1.77. The van der Waals surface area contributed by atoms with Crippen LogP contribution in [-0.4, -0.2) is 23.1 Å². The fourth-order valence-electron chi connectivity index (χ4n) is 4.06. The molecule has 2 heterocycles. The molecule has 1 aliphatic heterocycles. The molecule has 0 spiro atoms. The van der Waals surface area contributed by atoms with Gasteiger partial charge in [-0.05, 0) is 63.0 Å². The van der Waals surface area contributed by atoms with E-state index < -0.39 is 0 Å². The van der Waals surface area contributed by atoms with E-state index >= 15 is 0 Å². The van der Waals surface area contributed by atoms with Gasteiger partial charge in [0.05, 0.1) is 0 Å². The monoisotopic (exact) mass is 354 g/mol. The second-order valence-corrected chi connectivity index (χ2v) is 7.17. The summed E-state index contributed by atoms with van der Waals surface area (Å²) in [6.45, 7) is 5.55. The molecule has 0 saturated carbocycles. The molecule has 1 aliphatic rings. The number of rotatable bonds is 3. The van der Waals surface area contributed by atoms with Crippen LogP contribution in [0.1, 0.15) is 28.8 Å². The number of benzene rings is 2. The molecule has 0 unspecified atom stereocenters. The highest BCUT2D eigenvalue weighted by molar-refractivity contribution is 5.86. The van der Waals surface area contributed by atoms with E-state index in [2.05, 4.69) is 72.0 Å². The molecule has 0 saturated heterocycles. The predicted molar refractivity (Wildman–Crippen MR) is 109 cm³/mol. The summed E-state index contributed by atoms with van der Waals surface area (Å²) < 4.78 is 2.59. The number of aryl methyl sites for hydroxylation is 3. The molecule has 3 heteroatoms. The van der Waals surface area contributed by atoms with Crippen molar-refractivity contribution < 1.29 is 0 Å². The van der Waals surface area contributed by atoms with Gasteiger partial charge < -0.3 is 9.47 Å². The van der Waals surface area contributed by atoms with Crippen LogP contribution >= 0.6 is 12.4 Å². The minimum atomic E-state index is 0. The van der Waals surface area contributed by atoms with Crippen molar-refractivity contribution >= 4 is 23.3 Å². The Morgan fingerprint density at radius 3 is 2.64 bits per heavy atom. The van der Waals surface area contributed by atoms with E-state index in [1.165, 1.54) is 41.4 Å². The fraction of sp³-hybridized carbons (Fsp3) is 0.364.